The van der Waals surface area contributed by atoms with Crippen LogP contribution in [0.15, 0.2) is 0 Å². The van der Waals surface area contributed by atoms with Crippen LogP contribution >= 0.6 is 0 Å². The molecular weight excluding hydrogens is 158 g/mol. The van der Waals surface area contributed by atoms with Crippen molar-refractivity contribution in [2.24, 2.45) is 11.8 Å². The molecule has 3 saturated carbocycles. The van der Waals surface area contributed by atoms with Crippen LogP contribution in [0.25, 0.3) is 0 Å². The van der Waals surface area contributed by atoms with Crippen LogP contribution in [0.2, 0.25) is 0 Å². The van der Waals surface area contributed by atoms with Gasteiger partial charge in [-0.2, -0.15) is 0 Å². The molecule has 0 aromatic carbocycles. The molecule has 3 aliphatic rings. The van der Waals surface area contributed by atoms with Crippen molar-refractivity contribution in [1.29, 1.82) is 0 Å². The third kappa shape index (κ3) is 1.52. The lowest BCUT2D eigenvalue weighted by Gasteiger charge is -2.26. The molecule has 1 nitrogen and oxygen atoms in total. The van der Waals surface area contributed by atoms with Crippen molar-refractivity contribution in [3.8, 4) is 0 Å². The van der Waals surface area contributed by atoms with E-state index in [1.165, 1.54) is 44.9 Å². The third-order valence-electron chi connectivity index (χ3n) is 4.54. The summed E-state index contributed by atoms with van der Waals surface area (Å²) >= 11 is 0. The van der Waals surface area contributed by atoms with Gasteiger partial charge >= 0.3 is 0 Å². The molecule has 0 aromatic rings. The second kappa shape index (κ2) is 3.27. The average Bonchev–Trinajstić information content (AvgIpc) is 2.77. The van der Waals surface area contributed by atoms with Crippen LogP contribution in [-0.4, -0.2) is 12.1 Å². The first-order chi connectivity index (χ1) is 6.42. The van der Waals surface area contributed by atoms with E-state index in [9.17, 15) is 0 Å². The van der Waals surface area contributed by atoms with Gasteiger partial charge in [0.2, 0.25) is 0 Å². The molecule has 2 bridgehead atoms. The summed E-state index contributed by atoms with van der Waals surface area (Å²) in [6, 6.07) is 1.81. The lowest BCUT2D eigenvalue weighted by atomic mass is 9.94. The maximum Gasteiger partial charge on any atom is 0.0101 e. The van der Waals surface area contributed by atoms with Gasteiger partial charge in [-0.1, -0.05) is 19.3 Å². The minimum Gasteiger partial charge on any atom is -0.311 e. The first kappa shape index (κ1) is 8.28. The molecule has 3 rings (SSSR count). The van der Waals surface area contributed by atoms with E-state index < -0.39 is 0 Å². The maximum atomic E-state index is 3.91. The predicted octanol–water partition coefficient (Wildman–Crippen LogP) is 2.71. The Morgan fingerprint density at radius 3 is 2.31 bits per heavy atom. The molecule has 1 N–H and O–H groups in total. The van der Waals surface area contributed by atoms with Gasteiger partial charge in [-0.15, -0.1) is 0 Å². The summed E-state index contributed by atoms with van der Waals surface area (Å²) < 4.78 is 0. The van der Waals surface area contributed by atoms with Crippen LogP contribution < -0.4 is 5.32 Å². The first-order valence-corrected chi connectivity index (χ1v) is 6.18. The molecule has 0 radical (unpaired) electrons. The highest BCUT2D eigenvalue weighted by Gasteiger charge is 2.40. The first-order valence-electron chi connectivity index (χ1n) is 6.18. The van der Waals surface area contributed by atoms with E-state index in [4.69, 9.17) is 0 Å². The topological polar surface area (TPSA) is 12.0 Å². The van der Waals surface area contributed by atoms with Crippen molar-refractivity contribution in [3.63, 3.8) is 0 Å². The zero-order chi connectivity index (χ0) is 8.67. The van der Waals surface area contributed by atoms with Gasteiger partial charge in [-0.3, -0.25) is 0 Å². The maximum absolute atomic E-state index is 3.91. The molecule has 3 unspecified atom stereocenters. The quantitative estimate of drug-likeness (QED) is 0.687. The molecule has 1 heteroatoms. The normalized spacial score (nSPS) is 44.8. The zero-order valence-electron chi connectivity index (χ0n) is 8.47. The Kier molecular flexibility index (Phi) is 2.08. The summed E-state index contributed by atoms with van der Waals surface area (Å²) in [6.45, 7) is 0. The molecule has 3 atom stereocenters. The van der Waals surface area contributed by atoms with Crippen molar-refractivity contribution in [2.75, 3.05) is 0 Å². The molecule has 3 aliphatic carbocycles. The van der Waals surface area contributed by atoms with E-state index in [0.29, 0.717) is 0 Å². The van der Waals surface area contributed by atoms with Crippen LogP contribution in [0, 0.1) is 11.8 Å². The van der Waals surface area contributed by atoms with Crippen LogP contribution in [0.5, 0.6) is 0 Å². The number of hydrogen-bond acceptors (Lipinski definition) is 1. The van der Waals surface area contributed by atoms with Crippen molar-refractivity contribution < 1.29 is 0 Å². The van der Waals surface area contributed by atoms with Gasteiger partial charge in [-0.25, -0.2) is 0 Å². The molecule has 0 aliphatic heterocycles. The Morgan fingerprint density at radius 2 is 1.69 bits per heavy atom. The highest BCUT2D eigenvalue weighted by molar-refractivity contribution is 4.95. The Labute approximate surface area is 81.3 Å². The minimum absolute atomic E-state index is 0.893. The second-order valence-corrected chi connectivity index (χ2v) is 5.43. The molecule has 3 fully saturated rings. The molecule has 0 aromatic heterocycles. The number of rotatable bonds is 2. The van der Waals surface area contributed by atoms with E-state index in [2.05, 4.69) is 5.32 Å². The summed E-state index contributed by atoms with van der Waals surface area (Å²) in [5.74, 6) is 2.16. The fourth-order valence-electron chi connectivity index (χ4n) is 3.84. The molecule has 13 heavy (non-hydrogen) atoms. The Morgan fingerprint density at radius 1 is 0.846 bits per heavy atom. The van der Waals surface area contributed by atoms with Crippen molar-refractivity contribution in [2.45, 2.75) is 63.5 Å². The highest BCUT2D eigenvalue weighted by atomic mass is 15.0. The fraction of sp³-hybridized carbons (Fsp3) is 1.00. The van der Waals surface area contributed by atoms with E-state index in [-0.39, 0.29) is 0 Å². The molecule has 74 valence electrons. The predicted molar refractivity (Wildman–Crippen MR) is 54.6 cm³/mol. The second-order valence-electron chi connectivity index (χ2n) is 5.43. The highest BCUT2D eigenvalue weighted by Crippen LogP contribution is 2.44. The summed E-state index contributed by atoms with van der Waals surface area (Å²) in [6.07, 6.45) is 12.0. The Balaban J connectivity index is 1.55. The van der Waals surface area contributed by atoms with Crippen LogP contribution in [-0.2, 0) is 0 Å². The van der Waals surface area contributed by atoms with Gasteiger partial charge in [0, 0.05) is 12.1 Å². The standard InChI is InChI=1S/C12H21N/c1-2-4-11(3-1)13-12-8-9-5-6-10(12)7-9/h9-13H,1-8H2. The molecule has 0 amide bonds. The SMILES string of the molecule is C1CCC(NC2CC3CCC2C3)C1. The average molecular weight is 179 g/mol. The van der Waals surface area contributed by atoms with E-state index >= 15 is 0 Å². The van der Waals surface area contributed by atoms with E-state index in [1.54, 1.807) is 6.42 Å². The number of fused-ring (bicyclic) bond motifs is 2. The summed E-state index contributed by atoms with van der Waals surface area (Å²) in [5, 5.41) is 3.91. The Bertz CT molecular complexity index is 184. The third-order valence-corrected chi connectivity index (χ3v) is 4.54. The minimum atomic E-state index is 0.893. The van der Waals surface area contributed by atoms with Gasteiger partial charge in [0.05, 0.1) is 0 Å². The van der Waals surface area contributed by atoms with Crippen molar-refractivity contribution in [1.82, 2.24) is 5.32 Å². The Hall–Kier alpha value is -0.0400. The monoisotopic (exact) mass is 179 g/mol. The largest absolute Gasteiger partial charge is 0.311 e. The smallest absolute Gasteiger partial charge is 0.0101 e. The molecule has 0 saturated heterocycles. The van der Waals surface area contributed by atoms with Gasteiger partial charge in [0.15, 0.2) is 0 Å². The molecular formula is C12H21N. The van der Waals surface area contributed by atoms with E-state index in [0.717, 1.165) is 23.9 Å². The summed E-state index contributed by atoms with van der Waals surface area (Å²) in [7, 11) is 0. The summed E-state index contributed by atoms with van der Waals surface area (Å²) in [5.41, 5.74) is 0. The number of hydrogen-bond donors (Lipinski definition) is 1. The molecule has 0 spiro atoms. The van der Waals surface area contributed by atoms with Crippen LogP contribution in [0.3, 0.4) is 0 Å². The van der Waals surface area contributed by atoms with Gasteiger partial charge < -0.3 is 5.32 Å². The fourth-order valence-corrected chi connectivity index (χ4v) is 3.84. The van der Waals surface area contributed by atoms with Gasteiger partial charge in [-0.05, 0) is 43.9 Å². The van der Waals surface area contributed by atoms with Gasteiger partial charge in [0.1, 0.15) is 0 Å². The van der Waals surface area contributed by atoms with Crippen molar-refractivity contribution in [3.05, 3.63) is 0 Å². The van der Waals surface area contributed by atoms with Crippen molar-refractivity contribution >= 4 is 0 Å². The lowest BCUT2D eigenvalue weighted by molar-refractivity contribution is 0.318. The van der Waals surface area contributed by atoms with Gasteiger partial charge in [0.25, 0.3) is 0 Å². The zero-order valence-corrected chi connectivity index (χ0v) is 8.47. The number of nitrogens with one attached hydrogen (secondary N) is 1. The van der Waals surface area contributed by atoms with E-state index in [1.807, 2.05) is 0 Å². The van der Waals surface area contributed by atoms with Crippen LogP contribution in [0.4, 0.5) is 0 Å². The lowest BCUT2D eigenvalue weighted by Crippen LogP contribution is -2.39. The summed E-state index contributed by atoms with van der Waals surface area (Å²) in [4.78, 5) is 0. The molecule has 0 heterocycles. The van der Waals surface area contributed by atoms with Crippen LogP contribution in [0.1, 0.15) is 51.4 Å².